The number of likely N-dealkylation sites (tertiary alicyclic amines) is 2. The molecule has 192 valence electrons. The zero-order valence-electron chi connectivity index (χ0n) is 21.0. The molecular formula is C27H32N2O7. The Morgan fingerprint density at radius 1 is 0.833 bits per heavy atom. The van der Waals surface area contributed by atoms with Crippen molar-refractivity contribution in [1.29, 1.82) is 0 Å². The highest BCUT2D eigenvalue weighted by Crippen LogP contribution is 2.44. The van der Waals surface area contributed by atoms with Crippen LogP contribution in [0, 0.1) is 5.92 Å². The number of hydrogen-bond donors (Lipinski definition) is 0. The molecule has 0 bridgehead atoms. The maximum atomic E-state index is 13.7. The van der Waals surface area contributed by atoms with Crippen LogP contribution >= 0.6 is 0 Å². The predicted molar refractivity (Wildman–Crippen MR) is 131 cm³/mol. The van der Waals surface area contributed by atoms with Gasteiger partial charge in [-0.2, -0.15) is 0 Å². The van der Waals surface area contributed by atoms with Gasteiger partial charge < -0.3 is 33.5 Å². The Morgan fingerprint density at radius 2 is 1.53 bits per heavy atom. The van der Waals surface area contributed by atoms with Crippen molar-refractivity contribution >= 4 is 11.8 Å². The van der Waals surface area contributed by atoms with Gasteiger partial charge in [0.1, 0.15) is 0 Å². The second-order valence-electron chi connectivity index (χ2n) is 9.34. The lowest BCUT2D eigenvalue weighted by atomic mass is 9.87. The molecule has 0 N–H and O–H groups in total. The van der Waals surface area contributed by atoms with Gasteiger partial charge in [0.2, 0.25) is 18.4 Å². The highest BCUT2D eigenvalue weighted by molar-refractivity contribution is 5.96. The maximum Gasteiger partial charge on any atom is 0.254 e. The molecule has 0 radical (unpaired) electrons. The number of rotatable bonds is 6. The Balaban J connectivity index is 1.48. The number of fused-ring (bicyclic) bond motifs is 1. The third kappa shape index (κ3) is 4.38. The molecular weight excluding hydrogens is 464 g/mol. The average Bonchev–Trinajstić information content (AvgIpc) is 3.59. The number of carbonyl (C=O) groups is 2. The van der Waals surface area contributed by atoms with Crippen LogP contribution in [-0.4, -0.2) is 75.9 Å². The normalized spacial score (nSPS) is 20.9. The predicted octanol–water partition coefficient (Wildman–Crippen LogP) is 3.31. The van der Waals surface area contributed by atoms with Gasteiger partial charge in [0.15, 0.2) is 23.0 Å². The molecule has 0 aliphatic carbocycles. The molecule has 0 saturated carbocycles. The third-order valence-corrected chi connectivity index (χ3v) is 7.33. The first-order valence-electron chi connectivity index (χ1n) is 12.3. The number of carbonyl (C=O) groups excluding carboxylic acids is 2. The van der Waals surface area contributed by atoms with E-state index in [2.05, 4.69) is 0 Å². The first-order chi connectivity index (χ1) is 17.5. The summed E-state index contributed by atoms with van der Waals surface area (Å²) in [5.74, 6) is 2.09. The molecule has 2 saturated heterocycles. The van der Waals surface area contributed by atoms with Gasteiger partial charge >= 0.3 is 0 Å². The zero-order valence-corrected chi connectivity index (χ0v) is 21.0. The van der Waals surface area contributed by atoms with E-state index in [1.54, 1.807) is 44.4 Å². The summed E-state index contributed by atoms with van der Waals surface area (Å²) in [5, 5.41) is 0. The molecule has 3 aliphatic rings. The van der Waals surface area contributed by atoms with Crippen LogP contribution in [0.5, 0.6) is 28.7 Å². The van der Waals surface area contributed by atoms with Gasteiger partial charge in [-0.25, -0.2) is 0 Å². The molecule has 9 heteroatoms. The fourth-order valence-corrected chi connectivity index (χ4v) is 5.43. The van der Waals surface area contributed by atoms with Crippen molar-refractivity contribution in [2.45, 2.75) is 25.2 Å². The summed E-state index contributed by atoms with van der Waals surface area (Å²) in [7, 11) is 4.70. The molecule has 2 aromatic carbocycles. The van der Waals surface area contributed by atoms with E-state index in [1.165, 1.54) is 0 Å². The van der Waals surface area contributed by atoms with E-state index >= 15 is 0 Å². The molecule has 2 aromatic rings. The van der Waals surface area contributed by atoms with Gasteiger partial charge in [0.05, 0.1) is 27.2 Å². The van der Waals surface area contributed by atoms with Crippen LogP contribution in [0.15, 0.2) is 30.3 Å². The lowest BCUT2D eigenvalue weighted by Gasteiger charge is -2.31. The first kappa shape index (κ1) is 24.1. The quantitative estimate of drug-likeness (QED) is 0.607. The summed E-state index contributed by atoms with van der Waals surface area (Å²) in [6, 6.07) is 8.97. The van der Waals surface area contributed by atoms with E-state index in [-0.39, 0.29) is 30.4 Å². The Labute approximate surface area is 210 Å². The van der Waals surface area contributed by atoms with Crippen molar-refractivity contribution in [3.63, 3.8) is 0 Å². The van der Waals surface area contributed by atoms with Crippen LogP contribution in [0.4, 0.5) is 0 Å². The van der Waals surface area contributed by atoms with Crippen molar-refractivity contribution in [3.05, 3.63) is 41.5 Å². The van der Waals surface area contributed by atoms with E-state index < -0.39 is 0 Å². The largest absolute Gasteiger partial charge is 0.493 e. The maximum absolute atomic E-state index is 13.7. The molecule has 3 aliphatic heterocycles. The summed E-state index contributed by atoms with van der Waals surface area (Å²) in [6.45, 7) is 2.40. The molecule has 0 unspecified atom stereocenters. The lowest BCUT2D eigenvalue weighted by molar-refractivity contribution is -0.136. The number of piperidine rings is 1. The molecule has 2 amide bonds. The van der Waals surface area contributed by atoms with E-state index in [9.17, 15) is 9.59 Å². The number of benzene rings is 2. The number of methoxy groups -OCH3 is 3. The summed E-state index contributed by atoms with van der Waals surface area (Å²) in [4.78, 5) is 31.0. The number of hydrogen-bond acceptors (Lipinski definition) is 7. The van der Waals surface area contributed by atoms with Gasteiger partial charge in [-0.05, 0) is 55.2 Å². The van der Waals surface area contributed by atoms with Gasteiger partial charge in [-0.3, -0.25) is 9.59 Å². The van der Waals surface area contributed by atoms with Crippen LogP contribution in [0.2, 0.25) is 0 Å². The molecule has 36 heavy (non-hydrogen) atoms. The van der Waals surface area contributed by atoms with Crippen LogP contribution in [0.1, 0.15) is 41.1 Å². The van der Waals surface area contributed by atoms with Gasteiger partial charge in [0.25, 0.3) is 5.91 Å². The minimum Gasteiger partial charge on any atom is -0.493 e. The van der Waals surface area contributed by atoms with Crippen molar-refractivity contribution in [1.82, 2.24) is 9.80 Å². The Kier molecular flexibility index (Phi) is 6.80. The number of nitrogens with zero attached hydrogens (tertiary/aromatic N) is 2. The number of ether oxygens (including phenoxy) is 5. The van der Waals surface area contributed by atoms with E-state index in [4.69, 9.17) is 23.7 Å². The minimum absolute atomic E-state index is 0.0921. The van der Waals surface area contributed by atoms with Crippen LogP contribution < -0.4 is 23.7 Å². The monoisotopic (exact) mass is 496 g/mol. The smallest absolute Gasteiger partial charge is 0.254 e. The minimum atomic E-state index is -0.371. The Bertz CT molecular complexity index is 1120. The topological polar surface area (TPSA) is 86.8 Å². The highest BCUT2D eigenvalue weighted by Gasteiger charge is 2.43. The van der Waals surface area contributed by atoms with Crippen molar-refractivity contribution < 1.29 is 33.3 Å². The van der Waals surface area contributed by atoms with Crippen LogP contribution in [-0.2, 0) is 4.79 Å². The summed E-state index contributed by atoms with van der Waals surface area (Å²) in [5.41, 5.74) is 1.38. The summed E-state index contributed by atoms with van der Waals surface area (Å²) < 4.78 is 27.5. The third-order valence-electron chi connectivity index (χ3n) is 7.33. The van der Waals surface area contributed by atoms with Crippen molar-refractivity contribution in [2.75, 3.05) is 54.3 Å². The van der Waals surface area contributed by atoms with Crippen LogP contribution in [0.25, 0.3) is 0 Å². The second kappa shape index (κ2) is 10.2. The van der Waals surface area contributed by atoms with Crippen molar-refractivity contribution in [2.24, 2.45) is 5.92 Å². The summed E-state index contributed by atoms with van der Waals surface area (Å²) >= 11 is 0. The molecule has 2 atom stereocenters. The molecule has 0 spiro atoms. The van der Waals surface area contributed by atoms with E-state index in [0.29, 0.717) is 47.4 Å². The molecule has 9 nitrogen and oxygen atoms in total. The summed E-state index contributed by atoms with van der Waals surface area (Å²) in [6.07, 6.45) is 3.15. The Hall–Kier alpha value is -3.62. The molecule has 0 aromatic heterocycles. The van der Waals surface area contributed by atoms with Gasteiger partial charge in [-0.1, -0.05) is 0 Å². The average molecular weight is 497 g/mol. The first-order valence-corrected chi connectivity index (χ1v) is 12.3. The van der Waals surface area contributed by atoms with E-state index in [1.807, 2.05) is 17.0 Å². The highest BCUT2D eigenvalue weighted by atomic mass is 16.7. The Morgan fingerprint density at radius 3 is 2.19 bits per heavy atom. The van der Waals surface area contributed by atoms with Gasteiger partial charge in [-0.15, -0.1) is 0 Å². The fourth-order valence-electron chi connectivity index (χ4n) is 5.43. The molecule has 2 fully saturated rings. The fraction of sp³-hybridized carbons (Fsp3) is 0.481. The lowest BCUT2D eigenvalue weighted by Crippen LogP contribution is -2.42. The molecule has 3 heterocycles. The van der Waals surface area contributed by atoms with Crippen LogP contribution in [0.3, 0.4) is 0 Å². The van der Waals surface area contributed by atoms with E-state index in [0.717, 1.165) is 37.9 Å². The SMILES string of the molecule is COc1cc([C@H]2CN(C(=O)c3ccc4c(c3)OCO4)C[C@@H]2C(=O)N2CCCCC2)cc(OC)c1OC. The van der Waals surface area contributed by atoms with Gasteiger partial charge in [0, 0.05) is 37.7 Å². The zero-order chi connectivity index (χ0) is 25.2. The number of amides is 2. The molecule has 5 rings (SSSR count). The second-order valence-corrected chi connectivity index (χ2v) is 9.34. The van der Waals surface area contributed by atoms with Crippen molar-refractivity contribution in [3.8, 4) is 28.7 Å². The standard InChI is InChI=1S/C27H32N2O7/c1-32-23-12-18(13-24(33-2)25(23)34-3)19-14-29(15-20(19)27(31)28-9-5-4-6-10-28)26(30)17-7-8-21-22(11-17)36-16-35-21/h7-8,11-13,19-20H,4-6,9-10,14-16H2,1-3H3/t19-,20+/m1/s1.